The molecule has 5 heterocycles. The highest BCUT2D eigenvalue weighted by Gasteiger charge is 2.29. The zero-order valence-electron chi connectivity index (χ0n) is 15.9. The van der Waals surface area contributed by atoms with E-state index < -0.39 is 12.7 Å². The van der Waals surface area contributed by atoms with Gasteiger partial charge < -0.3 is 10.2 Å². The maximum Gasteiger partial charge on any atom is 0.408 e. The molecule has 0 atom stereocenters. The summed E-state index contributed by atoms with van der Waals surface area (Å²) in [4.78, 5) is 15.8. The van der Waals surface area contributed by atoms with E-state index in [1.165, 1.54) is 12.4 Å². The van der Waals surface area contributed by atoms with Crippen LogP contribution in [0, 0.1) is 0 Å². The molecule has 0 aliphatic carbocycles. The van der Waals surface area contributed by atoms with Crippen molar-refractivity contribution < 1.29 is 13.2 Å². The Kier molecular flexibility index (Phi) is 4.50. The Labute approximate surface area is 170 Å². The van der Waals surface area contributed by atoms with Crippen LogP contribution in [0.25, 0.3) is 11.3 Å². The van der Waals surface area contributed by atoms with Crippen LogP contribution in [-0.4, -0.2) is 57.8 Å². The number of nitrogens with one attached hydrogen (secondary N) is 1. The second-order valence-corrected chi connectivity index (χ2v) is 7.21. The van der Waals surface area contributed by atoms with Gasteiger partial charge in [-0.1, -0.05) is 6.07 Å². The number of hydrogen-bond acceptors (Lipinski definition) is 6. The first kappa shape index (κ1) is 18.7. The van der Waals surface area contributed by atoms with Crippen molar-refractivity contribution >= 4 is 17.2 Å². The Balaban J connectivity index is 1.39. The van der Waals surface area contributed by atoms with Crippen molar-refractivity contribution in [1.29, 1.82) is 0 Å². The molecule has 0 spiro atoms. The average Bonchev–Trinajstić information content (AvgIpc) is 3.16. The SMILES string of the molecule is FC(F)(F)Cn1cc(-c2cc3c(cn2)N=C3c2cccc(N3CCNCC3)n2)cn1. The van der Waals surface area contributed by atoms with E-state index >= 15 is 0 Å². The second-order valence-electron chi connectivity index (χ2n) is 7.21. The van der Waals surface area contributed by atoms with Crippen LogP contribution in [-0.2, 0) is 6.54 Å². The van der Waals surface area contributed by atoms with Gasteiger partial charge >= 0.3 is 6.18 Å². The molecule has 0 aromatic carbocycles. The van der Waals surface area contributed by atoms with Gasteiger partial charge in [0.25, 0.3) is 0 Å². The summed E-state index contributed by atoms with van der Waals surface area (Å²) in [5, 5.41) is 7.12. The highest BCUT2D eigenvalue weighted by atomic mass is 19.4. The van der Waals surface area contributed by atoms with E-state index in [2.05, 4.69) is 25.3 Å². The van der Waals surface area contributed by atoms with Gasteiger partial charge in [0, 0.05) is 43.5 Å². The molecule has 1 saturated heterocycles. The van der Waals surface area contributed by atoms with E-state index in [-0.39, 0.29) is 0 Å². The van der Waals surface area contributed by atoms with Crippen LogP contribution in [0.3, 0.4) is 0 Å². The molecule has 0 unspecified atom stereocenters. The Hall–Kier alpha value is -3.27. The first-order valence-corrected chi connectivity index (χ1v) is 9.58. The van der Waals surface area contributed by atoms with Crippen molar-refractivity contribution in [2.45, 2.75) is 12.7 Å². The zero-order chi connectivity index (χ0) is 20.7. The van der Waals surface area contributed by atoms with Gasteiger partial charge in [0.1, 0.15) is 12.4 Å². The van der Waals surface area contributed by atoms with Crippen LogP contribution < -0.4 is 10.2 Å². The number of halogens is 3. The first-order valence-electron chi connectivity index (χ1n) is 9.58. The number of aromatic nitrogens is 4. The molecule has 0 saturated carbocycles. The van der Waals surface area contributed by atoms with Crippen molar-refractivity contribution in [2.24, 2.45) is 4.99 Å². The molecule has 30 heavy (non-hydrogen) atoms. The van der Waals surface area contributed by atoms with Crippen molar-refractivity contribution in [3.8, 4) is 11.3 Å². The van der Waals surface area contributed by atoms with E-state index in [4.69, 9.17) is 4.98 Å². The number of nitrogens with zero attached hydrogens (tertiary/aromatic N) is 6. The summed E-state index contributed by atoms with van der Waals surface area (Å²) < 4.78 is 38.6. The summed E-state index contributed by atoms with van der Waals surface area (Å²) in [5.41, 5.74) is 4.22. The third-order valence-corrected chi connectivity index (χ3v) is 5.06. The number of alkyl halides is 3. The van der Waals surface area contributed by atoms with Gasteiger partial charge in [-0.15, -0.1) is 0 Å². The number of pyridine rings is 2. The van der Waals surface area contributed by atoms with Gasteiger partial charge in [-0.2, -0.15) is 18.3 Å². The third-order valence-electron chi connectivity index (χ3n) is 5.06. The standard InChI is InChI=1S/C20H18F3N7/c21-20(22,23)12-30-11-13(9-26-30)16-8-14-17(10-25-16)28-19(14)15-2-1-3-18(27-15)29-6-4-24-5-7-29/h1-3,8-11,24H,4-7,12H2. The average molecular weight is 413 g/mol. The minimum Gasteiger partial charge on any atom is -0.354 e. The van der Waals surface area contributed by atoms with Gasteiger partial charge in [-0.25, -0.2) is 9.98 Å². The number of aliphatic imine (C=N–C) groups is 1. The summed E-state index contributed by atoms with van der Waals surface area (Å²) in [6.45, 7) is 2.51. The van der Waals surface area contributed by atoms with Crippen LogP contribution in [0.1, 0.15) is 11.3 Å². The third kappa shape index (κ3) is 3.65. The normalized spacial score (nSPS) is 16.1. The molecule has 154 valence electrons. The summed E-state index contributed by atoms with van der Waals surface area (Å²) >= 11 is 0. The first-order chi connectivity index (χ1) is 14.5. The minimum absolute atomic E-state index is 0.524. The molecule has 7 nitrogen and oxygen atoms in total. The van der Waals surface area contributed by atoms with Crippen LogP contribution in [0.4, 0.5) is 24.7 Å². The molecule has 2 aliphatic heterocycles. The minimum atomic E-state index is -4.32. The summed E-state index contributed by atoms with van der Waals surface area (Å²) in [7, 11) is 0. The van der Waals surface area contributed by atoms with Crippen LogP contribution >= 0.6 is 0 Å². The smallest absolute Gasteiger partial charge is 0.354 e. The Morgan fingerprint density at radius 3 is 2.70 bits per heavy atom. The second kappa shape index (κ2) is 7.21. The van der Waals surface area contributed by atoms with Gasteiger partial charge in [0.15, 0.2) is 0 Å². The number of fused-ring (bicyclic) bond motifs is 1. The lowest BCUT2D eigenvalue weighted by Crippen LogP contribution is -2.44. The molecule has 1 N–H and O–H groups in total. The molecule has 0 amide bonds. The van der Waals surface area contributed by atoms with E-state index in [9.17, 15) is 13.2 Å². The fourth-order valence-corrected chi connectivity index (χ4v) is 3.60. The van der Waals surface area contributed by atoms with Crippen molar-refractivity contribution in [1.82, 2.24) is 25.1 Å². The van der Waals surface area contributed by atoms with Gasteiger partial charge in [-0.05, 0) is 18.2 Å². The highest BCUT2D eigenvalue weighted by Crippen LogP contribution is 2.34. The van der Waals surface area contributed by atoms with E-state index in [0.29, 0.717) is 11.3 Å². The van der Waals surface area contributed by atoms with Gasteiger partial charge in [-0.3, -0.25) is 9.67 Å². The number of piperazine rings is 1. The lowest BCUT2D eigenvalue weighted by Gasteiger charge is -2.29. The Morgan fingerprint density at radius 2 is 1.90 bits per heavy atom. The lowest BCUT2D eigenvalue weighted by atomic mass is 9.98. The molecular weight excluding hydrogens is 395 g/mol. The zero-order valence-corrected chi connectivity index (χ0v) is 15.9. The number of rotatable bonds is 4. The predicted octanol–water partition coefficient (Wildman–Crippen LogP) is 2.79. The lowest BCUT2D eigenvalue weighted by molar-refractivity contribution is -0.142. The Bertz CT molecular complexity index is 1110. The number of hydrogen-bond donors (Lipinski definition) is 1. The summed E-state index contributed by atoms with van der Waals surface area (Å²) in [6.07, 6.45) is 0.0354. The molecule has 1 fully saturated rings. The van der Waals surface area contributed by atoms with Crippen LogP contribution in [0.15, 0.2) is 47.8 Å². The molecule has 3 aromatic heterocycles. The molecule has 10 heteroatoms. The van der Waals surface area contributed by atoms with Crippen LogP contribution in [0.5, 0.6) is 0 Å². The fraction of sp³-hybridized carbons (Fsp3) is 0.300. The van der Waals surface area contributed by atoms with Crippen molar-refractivity contribution in [3.05, 3.63) is 54.1 Å². The molecular formula is C20H18F3N7. The number of anilines is 1. The highest BCUT2D eigenvalue weighted by molar-refractivity contribution is 6.21. The van der Waals surface area contributed by atoms with Gasteiger partial charge in [0.2, 0.25) is 0 Å². The van der Waals surface area contributed by atoms with Crippen molar-refractivity contribution in [3.63, 3.8) is 0 Å². The summed E-state index contributed by atoms with van der Waals surface area (Å²) in [6, 6.07) is 7.69. The quantitative estimate of drug-likeness (QED) is 0.557. The van der Waals surface area contributed by atoms with Crippen LogP contribution in [0.2, 0.25) is 0 Å². The summed E-state index contributed by atoms with van der Waals surface area (Å²) in [5.74, 6) is 0.910. The fourth-order valence-electron chi connectivity index (χ4n) is 3.60. The van der Waals surface area contributed by atoms with E-state index in [0.717, 1.165) is 59.3 Å². The molecule has 0 bridgehead atoms. The molecule has 3 aromatic rings. The largest absolute Gasteiger partial charge is 0.408 e. The molecule has 2 aliphatic rings. The van der Waals surface area contributed by atoms with Crippen molar-refractivity contribution in [2.75, 3.05) is 31.1 Å². The van der Waals surface area contributed by atoms with Gasteiger partial charge in [0.05, 0.1) is 35.2 Å². The van der Waals surface area contributed by atoms with E-state index in [1.54, 1.807) is 6.20 Å². The monoisotopic (exact) mass is 413 g/mol. The maximum atomic E-state index is 12.6. The maximum absolute atomic E-state index is 12.6. The predicted molar refractivity (Wildman–Crippen MR) is 106 cm³/mol. The topological polar surface area (TPSA) is 71.2 Å². The molecule has 5 rings (SSSR count). The van der Waals surface area contributed by atoms with E-state index in [1.807, 2.05) is 24.3 Å². The molecule has 0 radical (unpaired) electrons. The Morgan fingerprint density at radius 1 is 1.07 bits per heavy atom.